The summed E-state index contributed by atoms with van der Waals surface area (Å²) in [6.45, 7) is 7.13. The molecule has 31 heavy (non-hydrogen) atoms. The van der Waals surface area contributed by atoms with Gasteiger partial charge in [-0.25, -0.2) is 0 Å². The second kappa shape index (κ2) is 11.9. The summed E-state index contributed by atoms with van der Waals surface area (Å²) in [6, 6.07) is 15.1. The molecular weight excluding hydrogens is 388 g/mol. The van der Waals surface area contributed by atoms with Crippen LogP contribution >= 0.6 is 0 Å². The molecule has 1 atom stereocenters. The number of aliphatic hydroxyl groups excluding tert-OH is 2. The lowest BCUT2D eigenvalue weighted by Crippen LogP contribution is -2.52. The van der Waals surface area contributed by atoms with Crippen molar-refractivity contribution in [2.45, 2.75) is 38.9 Å². The van der Waals surface area contributed by atoms with Crippen LogP contribution in [0.2, 0.25) is 0 Å². The molecule has 0 bridgehead atoms. The average Bonchev–Trinajstić information content (AvgIpc) is 2.77. The van der Waals surface area contributed by atoms with Gasteiger partial charge < -0.3 is 14.9 Å². The molecule has 0 amide bonds. The number of methoxy groups -OCH3 is 1. The number of ether oxygens (including phenoxy) is 1. The summed E-state index contributed by atoms with van der Waals surface area (Å²) in [4.78, 5) is 4.97. The maximum absolute atomic E-state index is 9.62. The van der Waals surface area contributed by atoms with E-state index in [1.54, 1.807) is 7.11 Å². The predicted molar refractivity (Wildman–Crippen MR) is 124 cm³/mol. The van der Waals surface area contributed by atoms with Crippen LogP contribution in [0.5, 0.6) is 5.75 Å². The highest BCUT2D eigenvalue weighted by Gasteiger charge is 2.26. The average molecular weight is 423 g/mol. The topological polar surface area (TPSA) is 56.2 Å². The van der Waals surface area contributed by atoms with E-state index in [0.717, 1.165) is 56.0 Å². The van der Waals surface area contributed by atoms with Crippen LogP contribution in [0.3, 0.4) is 0 Å². The Labute approximate surface area is 186 Å². The summed E-state index contributed by atoms with van der Waals surface area (Å²) >= 11 is 0. The monoisotopic (exact) mass is 422 g/mol. The Morgan fingerprint density at radius 2 is 1.77 bits per heavy atom. The second-order valence-electron chi connectivity index (χ2n) is 8.15. The minimum atomic E-state index is 0.101. The highest BCUT2D eigenvalue weighted by atomic mass is 16.5. The molecule has 166 valence electrons. The molecule has 1 saturated heterocycles. The molecule has 0 radical (unpaired) electrons. The van der Waals surface area contributed by atoms with Gasteiger partial charge in [0.1, 0.15) is 5.75 Å². The maximum Gasteiger partial charge on any atom is 0.121 e. The Morgan fingerprint density at radius 3 is 2.45 bits per heavy atom. The smallest absolute Gasteiger partial charge is 0.121 e. The second-order valence-corrected chi connectivity index (χ2v) is 8.15. The van der Waals surface area contributed by atoms with Gasteiger partial charge in [0, 0.05) is 57.4 Å². The summed E-state index contributed by atoms with van der Waals surface area (Å²) in [5.74, 6) is 6.96. The molecule has 1 aliphatic rings. The number of rotatable bonds is 8. The van der Waals surface area contributed by atoms with Crippen molar-refractivity contribution in [1.29, 1.82) is 0 Å². The molecular formula is C26H34N2O3. The Kier molecular flexibility index (Phi) is 8.93. The van der Waals surface area contributed by atoms with Crippen molar-refractivity contribution in [1.82, 2.24) is 9.80 Å². The third kappa shape index (κ3) is 6.81. The minimum Gasteiger partial charge on any atom is -0.496 e. The van der Waals surface area contributed by atoms with Gasteiger partial charge in [0.15, 0.2) is 0 Å². The first-order valence-corrected chi connectivity index (χ1v) is 11.0. The zero-order valence-electron chi connectivity index (χ0n) is 18.7. The lowest BCUT2D eigenvalue weighted by atomic mass is 10.0. The van der Waals surface area contributed by atoms with Crippen molar-refractivity contribution in [3.63, 3.8) is 0 Å². The van der Waals surface area contributed by atoms with Gasteiger partial charge in [-0.3, -0.25) is 9.80 Å². The van der Waals surface area contributed by atoms with E-state index in [2.05, 4.69) is 52.8 Å². The van der Waals surface area contributed by atoms with Crippen LogP contribution in [0.1, 0.15) is 35.1 Å². The molecule has 0 aliphatic carbocycles. The highest BCUT2D eigenvalue weighted by Crippen LogP contribution is 2.22. The first kappa shape index (κ1) is 23.3. The van der Waals surface area contributed by atoms with Gasteiger partial charge in [0.05, 0.1) is 13.7 Å². The van der Waals surface area contributed by atoms with Gasteiger partial charge in [-0.2, -0.15) is 0 Å². The van der Waals surface area contributed by atoms with Crippen molar-refractivity contribution < 1.29 is 14.9 Å². The van der Waals surface area contributed by atoms with Crippen LogP contribution in [-0.4, -0.2) is 66.0 Å². The fourth-order valence-corrected chi connectivity index (χ4v) is 4.18. The molecule has 0 saturated carbocycles. The molecule has 0 unspecified atom stereocenters. The fraction of sp³-hybridized carbons (Fsp3) is 0.462. The fourth-order valence-electron chi connectivity index (χ4n) is 4.18. The molecule has 1 heterocycles. The number of hydrogen-bond acceptors (Lipinski definition) is 5. The molecule has 1 aliphatic heterocycles. The van der Waals surface area contributed by atoms with Crippen LogP contribution in [0.25, 0.3) is 0 Å². The van der Waals surface area contributed by atoms with Crippen molar-refractivity contribution in [2.75, 3.05) is 40.0 Å². The van der Waals surface area contributed by atoms with Gasteiger partial charge in [0.2, 0.25) is 0 Å². The standard InChI is InChI=1S/C26H34N2O3/c1-21-17-24(10-11-26(21)31-2)19-28-14-13-27(20-25(28)12-16-30)18-23-8-6-22(7-9-23)5-3-4-15-29/h6-11,17,25,29-30H,4,12-16,18-20H2,1-2H3/t25-/m1/s1. The Balaban J connectivity index is 1.59. The zero-order valence-corrected chi connectivity index (χ0v) is 18.7. The Bertz CT molecular complexity index is 886. The van der Waals surface area contributed by atoms with Gasteiger partial charge in [0.25, 0.3) is 0 Å². The van der Waals surface area contributed by atoms with E-state index in [4.69, 9.17) is 9.84 Å². The number of aliphatic hydroxyl groups is 2. The number of benzene rings is 2. The first-order chi connectivity index (χ1) is 15.1. The molecule has 5 heteroatoms. The Morgan fingerprint density at radius 1 is 1.00 bits per heavy atom. The van der Waals surface area contributed by atoms with Crippen LogP contribution in [0.4, 0.5) is 0 Å². The highest BCUT2D eigenvalue weighted by molar-refractivity contribution is 5.37. The minimum absolute atomic E-state index is 0.101. The maximum atomic E-state index is 9.62. The third-order valence-electron chi connectivity index (χ3n) is 5.83. The van der Waals surface area contributed by atoms with E-state index in [1.165, 1.54) is 11.1 Å². The van der Waals surface area contributed by atoms with Crippen LogP contribution in [-0.2, 0) is 13.1 Å². The first-order valence-electron chi connectivity index (χ1n) is 11.0. The quantitative estimate of drug-likeness (QED) is 0.641. The molecule has 2 aromatic carbocycles. The van der Waals surface area contributed by atoms with Crippen molar-refractivity contribution in [3.05, 3.63) is 64.7 Å². The summed E-state index contributed by atoms with van der Waals surface area (Å²) in [5.41, 5.74) is 4.69. The van der Waals surface area contributed by atoms with Crippen molar-refractivity contribution >= 4 is 0 Å². The van der Waals surface area contributed by atoms with Crippen LogP contribution in [0.15, 0.2) is 42.5 Å². The normalized spacial score (nSPS) is 17.2. The molecule has 0 aromatic heterocycles. The van der Waals surface area contributed by atoms with Gasteiger partial charge in [-0.15, -0.1) is 0 Å². The van der Waals surface area contributed by atoms with E-state index in [-0.39, 0.29) is 13.2 Å². The van der Waals surface area contributed by atoms with Crippen LogP contribution in [0, 0.1) is 18.8 Å². The van der Waals surface area contributed by atoms with Gasteiger partial charge >= 0.3 is 0 Å². The van der Waals surface area contributed by atoms with Crippen molar-refractivity contribution in [2.24, 2.45) is 0 Å². The molecule has 2 aromatic rings. The SMILES string of the molecule is COc1ccc(CN2CCN(Cc3ccc(C#CCCO)cc3)C[C@H]2CCO)cc1C. The lowest BCUT2D eigenvalue weighted by Gasteiger charge is -2.41. The summed E-state index contributed by atoms with van der Waals surface area (Å²) in [5, 5.41) is 18.5. The summed E-state index contributed by atoms with van der Waals surface area (Å²) < 4.78 is 5.38. The van der Waals surface area contributed by atoms with Gasteiger partial charge in [-0.05, 0) is 48.2 Å². The van der Waals surface area contributed by atoms with Gasteiger partial charge in [-0.1, -0.05) is 36.1 Å². The third-order valence-corrected chi connectivity index (χ3v) is 5.83. The van der Waals surface area contributed by atoms with E-state index >= 15 is 0 Å². The summed E-state index contributed by atoms with van der Waals surface area (Å²) in [7, 11) is 1.71. The van der Waals surface area contributed by atoms with E-state index in [9.17, 15) is 5.11 Å². The van der Waals surface area contributed by atoms with Crippen LogP contribution < -0.4 is 4.74 Å². The molecule has 3 rings (SSSR count). The number of aryl methyl sites for hydroxylation is 1. The largest absolute Gasteiger partial charge is 0.496 e. The van der Waals surface area contributed by atoms with E-state index in [0.29, 0.717) is 12.5 Å². The zero-order chi connectivity index (χ0) is 22.1. The molecule has 1 fully saturated rings. The lowest BCUT2D eigenvalue weighted by molar-refractivity contribution is 0.0499. The summed E-state index contributed by atoms with van der Waals surface area (Å²) in [6.07, 6.45) is 1.29. The van der Waals surface area contributed by atoms with E-state index < -0.39 is 0 Å². The Hall–Kier alpha value is -2.36. The number of hydrogen-bond donors (Lipinski definition) is 2. The number of nitrogens with zero attached hydrogens (tertiary/aromatic N) is 2. The molecule has 5 nitrogen and oxygen atoms in total. The predicted octanol–water partition coefficient (Wildman–Crippen LogP) is 2.81. The van der Waals surface area contributed by atoms with Crippen molar-refractivity contribution in [3.8, 4) is 17.6 Å². The number of piperazine rings is 1. The van der Waals surface area contributed by atoms with E-state index in [1.807, 2.05) is 18.2 Å². The molecule has 0 spiro atoms. The molecule has 2 N–H and O–H groups in total.